The van der Waals surface area contributed by atoms with E-state index < -0.39 is 43.3 Å². The van der Waals surface area contributed by atoms with Crippen molar-refractivity contribution in [3.05, 3.63) is 253 Å². The average Bonchev–Trinajstić information content (AvgIpc) is 1.15. The first kappa shape index (κ1) is 85.2. The summed E-state index contributed by atoms with van der Waals surface area (Å²) in [5.41, 5.74) is 33.5. The molecule has 37 nitrogen and oxygen atoms in total. The number of carbonyl (C=O) groups excluding carboxylic acids is 6. The summed E-state index contributed by atoms with van der Waals surface area (Å²) in [5.74, 6) is -1.22. The van der Waals surface area contributed by atoms with Gasteiger partial charge in [-0.2, -0.15) is 0 Å². The lowest BCUT2D eigenvalue weighted by atomic mass is 10.1. The fraction of sp³-hybridized carbons (Fsp3) is 0.140. The van der Waals surface area contributed by atoms with Gasteiger partial charge in [-0.05, 0) is 129 Å². The number of rotatable bonds is 16. The number of aromatic nitrogens is 15. The third-order valence-electron chi connectivity index (χ3n) is 19.7. The zero-order valence-electron chi connectivity index (χ0n) is 67.2. The topological polar surface area (TPSA) is 555 Å². The fourth-order valence-electron chi connectivity index (χ4n) is 13.2. The maximum absolute atomic E-state index is 12.9. The van der Waals surface area contributed by atoms with E-state index in [9.17, 15) is 45.6 Å². The maximum Gasteiger partial charge on any atom is 0.280 e. The molecular formula is C86H79N27O10S3. The molecule has 0 aliphatic carbocycles. The zero-order chi connectivity index (χ0) is 88.2. The van der Waals surface area contributed by atoms with Crippen LogP contribution in [0.1, 0.15) is 75.5 Å². The molecule has 0 unspecified atom stereocenters. The van der Waals surface area contributed by atoms with Gasteiger partial charge in [-0.1, -0.05) is 96.3 Å². The van der Waals surface area contributed by atoms with E-state index in [4.69, 9.17) is 22.9 Å². The summed E-state index contributed by atoms with van der Waals surface area (Å²) < 4.78 is 47.4. The van der Waals surface area contributed by atoms with E-state index in [0.717, 1.165) is 108 Å². The highest BCUT2D eigenvalue weighted by atomic mass is 32.2. The van der Waals surface area contributed by atoms with Crippen LogP contribution in [-0.4, -0.2) is 202 Å². The minimum Gasteiger partial charge on any atom is -0.382 e. The first-order chi connectivity index (χ1) is 60.8. The highest BCUT2D eigenvalue weighted by Crippen LogP contribution is 2.30. The number of nitrogens with zero attached hydrogens (tertiary/aromatic N) is 14. The van der Waals surface area contributed by atoms with Crippen molar-refractivity contribution in [2.45, 2.75) is 22.6 Å². The Hall–Kier alpha value is -15.8. The maximum atomic E-state index is 12.9. The number of imidazole rings is 2. The first-order valence-corrected chi connectivity index (χ1v) is 43.7. The van der Waals surface area contributed by atoms with Crippen LogP contribution in [0, 0.1) is 0 Å². The van der Waals surface area contributed by atoms with Gasteiger partial charge in [-0.25, -0.2) is 76.6 Å². The quantitative estimate of drug-likeness (QED) is 0.0428. The summed E-state index contributed by atoms with van der Waals surface area (Å²) in [7, 11) is -6.61. The molecule has 126 heavy (non-hydrogen) atoms. The van der Waals surface area contributed by atoms with Gasteiger partial charge in [0.15, 0.2) is 70.9 Å². The summed E-state index contributed by atoms with van der Waals surface area (Å²) in [6.45, 7) is 6.30. The van der Waals surface area contributed by atoms with Crippen LogP contribution in [0.3, 0.4) is 0 Å². The molecule has 2 saturated heterocycles. The van der Waals surface area contributed by atoms with Crippen LogP contribution in [0.4, 0.5) is 46.1 Å². The number of benzene rings is 7. The SMILES string of the molecule is CS(=O)(=O)c1ccc(-c2cnc(N)c(C(=O)Nc3ccc4cc[nH]c4n3)n2)cc1.CS(=O)(=O)c1ccc(-c2cnc(N)c(C(=O)Nc3nc4ccccc4[nH]3)n2)cc1.Nc1ncc(-c2ccc(C(=O)N3CCCNCC3)cc2)nc1C(=O)Nc1nc2ccccc2[nH]1.Nc1ncc(-c2ccc(C(=O)N3CCCNCC3)cc2)nc1C(=O)Nc1nc2ccccc2s1. The molecule has 17 N–H and O–H groups in total. The summed E-state index contributed by atoms with van der Waals surface area (Å²) in [6.07, 6.45) is 11.7. The van der Waals surface area contributed by atoms with Crippen LogP contribution < -0.4 is 54.8 Å². The van der Waals surface area contributed by atoms with Gasteiger partial charge >= 0.3 is 0 Å². The van der Waals surface area contributed by atoms with Crippen LogP contribution in [0.5, 0.6) is 0 Å². The number of amides is 6. The molecular weight excluding hydrogens is 1670 g/mol. The van der Waals surface area contributed by atoms with Gasteiger partial charge in [0.2, 0.25) is 11.9 Å². The molecule has 0 saturated carbocycles. The Morgan fingerprint density at radius 2 is 0.770 bits per heavy atom. The smallest absolute Gasteiger partial charge is 0.280 e. The van der Waals surface area contributed by atoms with E-state index in [1.54, 1.807) is 85.1 Å². The average molecular weight is 1750 g/mol. The van der Waals surface area contributed by atoms with E-state index in [1.807, 2.05) is 94.7 Å². The van der Waals surface area contributed by atoms with Crippen molar-refractivity contribution in [2.75, 3.05) is 109 Å². The molecule has 9 aromatic heterocycles. The minimum atomic E-state index is -3.31. The van der Waals surface area contributed by atoms with Gasteiger partial charge < -0.3 is 63.6 Å². The van der Waals surface area contributed by atoms with Gasteiger partial charge in [-0.15, -0.1) is 0 Å². The van der Waals surface area contributed by atoms with Crippen LogP contribution >= 0.6 is 11.3 Å². The molecule has 0 bridgehead atoms. The molecule has 2 fully saturated rings. The Labute approximate surface area is 722 Å². The zero-order valence-corrected chi connectivity index (χ0v) is 69.7. The van der Waals surface area contributed by atoms with Crippen molar-refractivity contribution in [1.29, 1.82) is 0 Å². The van der Waals surface area contributed by atoms with Gasteiger partial charge in [-0.3, -0.25) is 44.7 Å². The molecule has 0 radical (unpaired) electrons. The van der Waals surface area contributed by atoms with Crippen LogP contribution in [0.25, 0.3) is 88.3 Å². The molecule has 7 aromatic carbocycles. The normalized spacial score (nSPS) is 12.9. The number of fused-ring (bicyclic) bond motifs is 4. The predicted octanol–water partition coefficient (Wildman–Crippen LogP) is 9.83. The highest BCUT2D eigenvalue weighted by Gasteiger charge is 2.25. The minimum absolute atomic E-state index is 0.00421. The molecule has 6 amide bonds. The number of hydrogen-bond donors (Lipinski definition) is 13. The van der Waals surface area contributed by atoms with Crippen molar-refractivity contribution in [3.63, 3.8) is 0 Å². The first-order valence-electron chi connectivity index (χ1n) is 39.1. The molecule has 0 spiro atoms. The number of hydrogen-bond acceptors (Lipinski definition) is 29. The summed E-state index contributed by atoms with van der Waals surface area (Å²) in [5, 5.41) is 18.7. The number of thiazole rings is 1. The second kappa shape index (κ2) is 37.7. The van der Waals surface area contributed by atoms with Gasteiger partial charge in [0.25, 0.3) is 35.4 Å². The fourth-order valence-corrected chi connectivity index (χ4v) is 15.3. The van der Waals surface area contributed by atoms with E-state index in [1.165, 1.54) is 60.4 Å². The number of anilines is 8. The molecule has 2 aliphatic heterocycles. The predicted molar refractivity (Wildman–Crippen MR) is 480 cm³/mol. The number of nitrogens with two attached hydrogens (primary N) is 4. The summed E-state index contributed by atoms with van der Waals surface area (Å²) >= 11 is 1.37. The Morgan fingerprint density at radius 1 is 0.389 bits per heavy atom. The van der Waals surface area contributed by atoms with Crippen molar-refractivity contribution >= 4 is 156 Å². The van der Waals surface area contributed by atoms with Crippen LogP contribution in [-0.2, 0) is 19.7 Å². The Balaban J connectivity index is 0.000000130. The standard InChI is InChI=1S/C24H24N8O2.C24H23N7O2S.2C19H16N6O3S/c25-21-20(22(33)31-24-29-17-4-1-2-5-18(17)30-24)28-19(14-27-21)15-6-8-16(9-7-15)23(34)32-12-3-10-26-11-13-32;25-21-20(22(32)30-24-29-17-4-1-2-5-19(17)34-24)28-18(14-27-21)15-6-8-16(9-7-15)23(33)31-12-3-10-26-11-13-31;1-29(27,28)13-5-2-11(3-6-13)14-10-22-17(20)16(23-14)19(26)25-15-7-4-12-8-9-21-18(12)24-15;1-29(27,28)12-8-6-11(7-9-12)15-10-21-17(20)16(22-15)18(26)25-19-23-13-4-2-3-5-14(13)24-19/h1-2,4-9,14,26H,3,10-13H2,(H2,25,27)(H2,29,30,31,33);1-2,4-9,14,26H,3,10-13H2,(H2,25,27)(H,29,30,32);2-10H,1H3,(H2,20,22)(H2,21,24,25,26);2-10H,1H3,(H2,20,21)(H2,23,24,25,26). The molecule has 18 rings (SSSR count). The second-order valence-corrected chi connectivity index (χ2v) is 33.7. The molecule has 2 aliphatic rings. The van der Waals surface area contributed by atoms with Crippen molar-refractivity contribution in [2.24, 2.45) is 0 Å². The van der Waals surface area contributed by atoms with Crippen molar-refractivity contribution in [3.8, 4) is 45.0 Å². The molecule has 40 heteroatoms. The summed E-state index contributed by atoms with van der Waals surface area (Å²) in [6, 6.07) is 54.3. The molecule has 11 heterocycles. The number of aromatic amines is 3. The Bertz CT molecular complexity index is 6570. The van der Waals surface area contributed by atoms with E-state index >= 15 is 0 Å². The van der Waals surface area contributed by atoms with E-state index in [-0.39, 0.29) is 73.6 Å². The van der Waals surface area contributed by atoms with E-state index in [0.29, 0.717) is 86.2 Å². The number of carbonyl (C=O) groups is 6. The number of nitrogen functional groups attached to an aromatic ring is 4. The van der Waals surface area contributed by atoms with Gasteiger partial charge in [0.05, 0.1) is 89.6 Å². The highest BCUT2D eigenvalue weighted by molar-refractivity contribution is 7.91. The van der Waals surface area contributed by atoms with Crippen molar-refractivity contribution < 1.29 is 45.6 Å². The second-order valence-electron chi connectivity index (χ2n) is 28.6. The van der Waals surface area contributed by atoms with Crippen LogP contribution in [0.15, 0.2) is 229 Å². The lowest BCUT2D eigenvalue weighted by molar-refractivity contribution is 0.0759. The molecule has 16 aromatic rings. The Morgan fingerprint density at radius 3 is 1.17 bits per heavy atom. The number of sulfone groups is 2. The third kappa shape index (κ3) is 20.5. The monoisotopic (exact) mass is 1750 g/mol. The number of pyridine rings is 1. The molecule has 0 atom stereocenters. The molecule has 636 valence electrons. The number of para-hydroxylation sites is 5. The lowest BCUT2D eigenvalue weighted by Crippen LogP contribution is -2.34. The third-order valence-corrected chi connectivity index (χ3v) is 22.9. The van der Waals surface area contributed by atoms with Gasteiger partial charge in [0.1, 0.15) is 11.5 Å². The van der Waals surface area contributed by atoms with Gasteiger partial charge in [0, 0.05) is 96.7 Å². The van der Waals surface area contributed by atoms with Crippen LogP contribution in [0.2, 0.25) is 0 Å². The number of nitrogens with one attached hydrogen (secondary N) is 9. The summed E-state index contributed by atoms with van der Waals surface area (Å²) in [4.78, 5) is 141. The Kier molecular flexibility index (Phi) is 25.5. The van der Waals surface area contributed by atoms with Crippen molar-refractivity contribution in [1.82, 2.24) is 95.2 Å². The lowest BCUT2D eigenvalue weighted by Gasteiger charge is -2.20. The number of H-pyrrole nitrogens is 3. The largest absolute Gasteiger partial charge is 0.382 e. The van der Waals surface area contributed by atoms with E-state index in [2.05, 4.69) is 107 Å².